The molecule has 1 aromatic carbocycles. The van der Waals surface area contributed by atoms with Crippen LogP contribution in [-0.2, 0) is 19.9 Å². The van der Waals surface area contributed by atoms with E-state index in [0.29, 0.717) is 0 Å². The van der Waals surface area contributed by atoms with E-state index in [9.17, 15) is 14.7 Å². The van der Waals surface area contributed by atoms with Crippen molar-refractivity contribution < 1.29 is 24.5 Å². The minimum absolute atomic E-state index is 0.00406. The summed E-state index contributed by atoms with van der Waals surface area (Å²) in [5, 5.41) is 18.2. The number of ether oxygens (including phenoxy) is 1. The normalized spacial score (nSPS) is 14.4. The van der Waals surface area contributed by atoms with Crippen molar-refractivity contribution in [2.24, 2.45) is 5.73 Å². The van der Waals surface area contributed by atoms with Gasteiger partial charge in [-0.1, -0.05) is 12.1 Å². The number of hydrogen-bond donors (Lipinski definition) is 3. The molecule has 1 aromatic rings. The third-order valence-corrected chi connectivity index (χ3v) is 2.58. The van der Waals surface area contributed by atoms with Gasteiger partial charge in [0.1, 0.15) is 11.4 Å². The van der Waals surface area contributed by atoms with E-state index < -0.39 is 29.5 Å². The zero-order valence-corrected chi connectivity index (χ0v) is 11.7. The van der Waals surface area contributed by atoms with Crippen molar-refractivity contribution >= 4 is 11.9 Å². The molecule has 4 N–H and O–H groups in total. The van der Waals surface area contributed by atoms with E-state index in [1.807, 2.05) is 0 Å². The fourth-order valence-corrected chi connectivity index (χ4v) is 1.66. The predicted octanol–water partition coefficient (Wildman–Crippen LogP) is 1.36. The van der Waals surface area contributed by atoms with Crippen LogP contribution in [-0.4, -0.2) is 27.8 Å². The van der Waals surface area contributed by atoms with Crippen LogP contribution in [0.2, 0.25) is 0 Å². The molecule has 0 fully saturated rings. The molecule has 0 bridgehead atoms. The van der Waals surface area contributed by atoms with Gasteiger partial charge in [-0.3, -0.25) is 4.79 Å². The summed E-state index contributed by atoms with van der Waals surface area (Å²) in [6.45, 7) is 5.01. The van der Waals surface area contributed by atoms with Gasteiger partial charge in [0.2, 0.25) is 0 Å². The quantitative estimate of drug-likeness (QED) is 0.719. The number of rotatable bonds is 4. The monoisotopic (exact) mass is 281 g/mol. The number of aliphatic carboxylic acids is 1. The summed E-state index contributed by atoms with van der Waals surface area (Å²) in [4.78, 5) is 23.2. The molecule has 0 spiro atoms. The number of esters is 1. The third kappa shape index (κ3) is 3.96. The summed E-state index contributed by atoms with van der Waals surface area (Å²) in [6, 6.07) is 5.48. The summed E-state index contributed by atoms with van der Waals surface area (Å²) >= 11 is 0. The molecule has 110 valence electrons. The minimum Gasteiger partial charge on any atom is -0.508 e. The van der Waals surface area contributed by atoms with Crippen LogP contribution in [0.1, 0.15) is 32.8 Å². The van der Waals surface area contributed by atoms with Crippen LogP contribution in [0.3, 0.4) is 0 Å². The number of nitrogens with two attached hydrogens (primary N) is 1. The Labute approximate surface area is 117 Å². The zero-order valence-electron chi connectivity index (χ0n) is 11.7. The second-order valence-corrected chi connectivity index (χ2v) is 5.59. The second kappa shape index (κ2) is 5.50. The maximum Gasteiger partial charge on any atom is 0.331 e. The lowest BCUT2D eigenvalue weighted by Gasteiger charge is -2.30. The first-order chi connectivity index (χ1) is 9.04. The fourth-order valence-electron chi connectivity index (χ4n) is 1.66. The lowest BCUT2D eigenvalue weighted by molar-refractivity contribution is -0.165. The summed E-state index contributed by atoms with van der Waals surface area (Å²) in [7, 11) is 0. The van der Waals surface area contributed by atoms with Gasteiger partial charge in [0.05, 0.1) is 6.42 Å². The molecule has 0 radical (unpaired) electrons. The Morgan fingerprint density at radius 3 is 2.10 bits per heavy atom. The number of phenols is 1. The average molecular weight is 281 g/mol. The van der Waals surface area contributed by atoms with Gasteiger partial charge < -0.3 is 20.7 Å². The molecular formula is C14H19NO5. The van der Waals surface area contributed by atoms with Crippen LogP contribution in [0.15, 0.2) is 24.3 Å². The summed E-state index contributed by atoms with van der Waals surface area (Å²) in [5.41, 5.74) is 3.67. The van der Waals surface area contributed by atoms with Gasteiger partial charge in [0.25, 0.3) is 0 Å². The minimum atomic E-state index is -1.80. The summed E-state index contributed by atoms with van der Waals surface area (Å²) in [5.74, 6) is -2.04. The van der Waals surface area contributed by atoms with Crippen LogP contribution in [0, 0.1) is 0 Å². The molecule has 0 aliphatic carbocycles. The van der Waals surface area contributed by atoms with E-state index in [4.69, 9.17) is 15.6 Å². The number of hydrogen-bond acceptors (Lipinski definition) is 5. The first kappa shape index (κ1) is 16.0. The highest BCUT2D eigenvalue weighted by Gasteiger charge is 2.41. The third-order valence-electron chi connectivity index (χ3n) is 2.58. The van der Waals surface area contributed by atoms with Crippen molar-refractivity contribution in [2.45, 2.75) is 38.3 Å². The van der Waals surface area contributed by atoms with E-state index in [2.05, 4.69) is 0 Å². The van der Waals surface area contributed by atoms with Gasteiger partial charge in [-0.15, -0.1) is 0 Å². The van der Waals surface area contributed by atoms with Gasteiger partial charge in [-0.2, -0.15) is 0 Å². The lowest BCUT2D eigenvalue weighted by atomic mass is 9.87. The number of carboxylic acid groups (broad SMARTS) is 1. The average Bonchev–Trinajstić information content (AvgIpc) is 2.26. The number of phenolic OH excluding ortho intramolecular Hbond substituents is 1. The Morgan fingerprint density at radius 2 is 1.70 bits per heavy atom. The van der Waals surface area contributed by atoms with E-state index in [-0.39, 0.29) is 11.3 Å². The Balaban J connectivity index is 3.18. The number of benzene rings is 1. The molecule has 0 saturated carbocycles. The number of carboxylic acids is 1. The molecule has 0 aromatic heterocycles. The van der Waals surface area contributed by atoms with Crippen LogP contribution in [0.25, 0.3) is 0 Å². The van der Waals surface area contributed by atoms with Gasteiger partial charge in [-0.05, 0) is 38.5 Å². The largest absolute Gasteiger partial charge is 0.508 e. The second-order valence-electron chi connectivity index (χ2n) is 5.59. The zero-order chi connectivity index (χ0) is 15.6. The van der Waals surface area contributed by atoms with Gasteiger partial charge in [0, 0.05) is 0 Å². The predicted molar refractivity (Wildman–Crippen MR) is 72.1 cm³/mol. The Kier molecular flexibility index (Phi) is 4.39. The summed E-state index contributed by atoms with van der Waals surface area (Å²) < 4.78 is 5.20. The topological polar surface area (TPSA) is 110 Å². The van der Waals surface area contributed by atoms with Gasteiger partial charge in [-0.25, -0.2) is 4.79 Å². The standard InChI is InChI=1S/C14H19NO5/c1-13(2,3)20-12(19)14(15,8-11(17)18)9-4-6-10(16)7-5-9/h4-7,16H,8,15H2,1-3H3,(H,17,18). The Bertz CT molecular complexity index is 503. The molecular weight excluding hydrogens is 262 g/mol. The highest BCUT2D eigenvalue weighted by atomic mass is 16.6. The number of aromatic hydroxyl groups is 1. The highest BCUT2D eigenvalue weighted by Crippen LogP contribution is 2.27. The fraction of sp³-hybridized carbons (Fsp3) is 0.429. The van der Waals surface area contributed by atoms with Crippen LogP contribution in [0.5, 0.6) is 5.75 Å². The molecule has 1 unspecified atom stereocenters. The Morgan fingerprint density at radius 1 is 1.20 bits per heavy atom. The smallest absolute Gasteiger partial charge is 0.331 e. The van der Waals surface area contributed by atoms with Crippen molar-refractivity contribution in [1.82, 2.24) is 0 Å². The van der Waals surface area contributed by atoms with Crippen LogP contribution in [0.4, 0.5) is 0 Å². The maximum absolute atomic E-state index is 12.2. The van der Waals surface area contributed by atoms with Crippen molar-refractivity contribution in [1.29, 1.82) is 0 Å². The van der Waals surface area contributed by atoms with Crippen molar-refractivity contribution in [3.63, 3.8) is 0 Å². The summed E-state index contributed by atoms with van der Waals surface area (Å²) in [6.07, 6.45) is -0.604. The molecule has 6 nitrogen and oxygen atoms in total. The molecule has 6 heteroatoms. The Hall–Kier alpha value is -2.08. The SMILES string of the molecule is CC(C)(C)OC(=O)C(N)(CC(=O)O)c1ccc(O)cc1. The molecule has 0 heterocycles. The molecule has 0 aliphatic heterocycles. The number of carbonyl (C=O) groups is 2. The van der Waals surface area contributed by atoms with Crippen molar-refractivity contribution in [2.75, 3.05) is 0 Å². The molecule has 0 saturated heterocycles. The highest BCUT2D eigenvalue weighted by molar-refractivity contribution is 5.87. The van der Waals surface area contributed by atoms with Gasteiger partial charge >= 0.3 is 11.9 Å². The van der Waals surface area contributed by atoms with Crippen molar-refractivity contribution in [3.8, 4) is 5.75 Å². The van der Waals surface area contributed by atoms with E-state index >= 15 is 0 Å². The van der Waals surface area contributed by atoms with Crippen LogP contribution < -0.4 is 5.73 Å². The number of carbonyl (C=O) groups excluding carboxylic acids is 1. The molecule has 1 rings (SSSR count). The van der Waals surface area contributed by atoms with Crippen molar-refractivity contribution in [3.05, 3.63) is 29.8 Å². The first-order valence-electron chi connectivity index (χ1n) is 6.08. The van der Waals surface area contributed by atoms with Gasteiger partial charge in [0.15, 0.2) is 5.54 Å². The lowest BCUT2D eigenvalue weighted by Crippen LogP contribution is -2.49. The van der Waals surface area contributed by atoms with E-state index in [0.717, 1.165) is 0 Å². The molecule has 0 amide bonds. The van der Waals surface area contributed by atoms with E-state index in [1.165, 1.54) is 24.3 Å². The van der Waals surface area contributed by atoms with Crippen LogP contribution >= 0.6 is 0 Å². The molecule has 0 aliphatic rings. The molecule has 20 heavy (non-hydrogen) atoms. The first-order valence-corrected chi connectivity index (χ1v) is 6.08. The molecule has 1 atom stereocenters. The van der Waals surface area contributed by atoms with E-state index in [1.54, 1.807) is 20.8 Å². The maximum atomic E-state index is 12.2.